The van der Waals surface area contributed by atoms with E-state index in [0.717, 1.165) is 30.9 Å². The quantitative estimate of drug-likeness (QED) is 0.727. The number of ether oxygens (including phenoxy) is 1. The van der Waals surface area contributed by atoms with Gasteiger partial charge in [-0.2, -0.15) is 0 Å². The molecule has 0 amide bonds. The van der Waals surface area contributed by atoms with Crippen LogP contribution in [0.3, 0.4) is 0 Å². The van der Waals surface area contributed by atoms with Crippen LogP contribution in [0.1, 0.15) is 45.5 Å². The third-order valence-electron chi connectivity index (χ3n) is 2.26. The standard InChI is InChI=1S/C12H23N3OS/c1-5-6-13-8-11-14-15-12(17-11)16-10(4)7-9(2)3/h9-10,13H,5-8H2,1-4H3. The molecule has 1 rings (SSSR count). The summed E-state index contributed by atoms with van der Waals surface area (Å²) in [5, 5.41) is 13.1. The Bertz CT molecular complexity index is 314. The van der Waals surface area contributed by atoms with Crippen molar-refractivity contribution in [3.63, 3.8) is 0 Å². The Kier molecular flexibility index (Phi) is 6.44. The third-order valence-corrected chi connectivity index (χ3v) is 3.07. The molecule has 0 radical (unpaired) electrons. The molecule has 1 aromatic rings. The molecule has 0 aliphatic rings. The normalized spacial score (nSPS) is 13.0. The monoisotopic (exact) mass is 257 g/mol. The average molecular weight is 257 g/mol. The molecule has 5 heteroatoms. The van der Waals surface area contributed by atoms with E-state index < -0.39 is 0 Å². The van der Waals surface area contributed by atoms with Crippen molar-refractivity contribution in [3.8, 4) is 5.19 Å². The fourth-order valence-corrected chi connectivity index (χ4v) is 2.36. The van der Waals surface area contributed by atoms with Crippen molar-refractivity contribution in [2.24, 2.45) is 5.92 Å². The minimum atomic E-state index is 0.208. The highest BCUT2D eigenvalue weighted by Gasteiger charge is 2.10. The molecule has 0 spiro atoms. The molecule has 1 unspecified atom stereocenters. The van der Waals surface area contributed by atoms with Gasteiger partial charge in [-0.25, -0.2) is 0 Å². The minimum absolute atomic E-state index is 0.208. The van der Waals surface area contributed by atoms with E-state index in [1.807, 2.05) is 0 Å². The van der Waals surface area contributed by atoms with E-state index >= 15 is 0 Å². The first kappa shape index (κ1) is 14.4. The maximum atomic E-state index is 5.73. The Morgan fingerprint density at radius 3 is 2.71 bits per heavy atom. The van der Waals surface area contributed by atoms with Crippen molar-refractivity contribution in [3.05, 3.63) is 5.01 Å². The van der Waals surface area contributed by atoms with Crippen LogP contribution in [0.2, 0.25) is 0 Å². The fourth-order valence-electron chi connectivity index (χ4n) is 1.61. The van der Waals surface area contributed by atoms with Crippen LogP contribution in [0.25, 0.3) is 0 Å². The molecule has 0 aliphatic carbocycles. The molecule has 1 N–H and O–H groups in total. The molecule has 1 aromatic heterocycles. The molecule has 17 heavy (non-hydrogen) atoms. The maximum Gasteiger partial charge on any atom is 0.294 e. The summed E-state index contributed by atoms with van der Waals surface area (Å²) in [6, 6.07) is 0. The van der Waals surface area contributed by atoms with Gasteiger partial charge in [0.2, 0.25) is 0 Å². The van der Waals surface area contributed by atoms with Gasteiger partial charge in [-0.05, 0) is 32.2 Å². The second-order valence-corrected chi connectivity index (χ2v) is 5.72. The summed E-state index contributed by atoms with van der Waals surface area (Å²) in [6.07, 6.45) is 2.38. The van der Waals surface area contributed by atoms with Crippen molar-refractivity contribution in [2.75, 3.05) is 6.54 Å². The van der Waals surface area contributed by atoms with Crippen molar-refractivity contribution in [1.29, 1.82) is 0 Å². The molecule has 1 atom stereocenters. The van der Waals surface area contributed by atoms with E-state index in [4.69, 9.17) is 4.74 Å². The molecular formula is C12H23N3OS. The molecule has 0 aromatic carbocycles. The van der Waals surface area contributed by atoms with Gasteiger partial charge in [0.1, 0.15) is 5.01 Å². The van der Waals surface area contributed by atoms with E-state index in [2.05, 4.69) is 43.2 Å². The summed E-state index contributed by atoms with van der Waals surface area (Å²) in [6.45, 7) is 10.4. The molecule has 0 bridgehead atoms. The Morgan fingerprint density at radius 2 is 2.06 bits per heavy atom. The SMILES string of the molecule is CCCNCc1nnc(OC(C)CC(C)C)s1. The summed E-state index contributed by atoms with van der Waals surface area (Å²) in [4.78, 5) is 0. The largest absolute Gasteiger partial charge is 0.466 e. The molecule has 0 saturated carbocycles. The minimum Gasteiger partial charge on any atom is -0.466 e. The summed E-state index contributed by atoms with van der Waals surface area (Å²) in [5.41, 5.74) is 0. The predicted molar refractivity (Wildman–Crippen MR) is 71.5 cm³/mol. The van der Waals surface area contributed by atoms with E-state index in [1.165, 1.54) is 11.3 Å². The lowest BCUT2D eigenvalue weighted by molar-refractivity contribution is 0.191. The first-order valence-corrected chi connectivity index (χ1v) is 7.13. The van der Waals surface area contributed by atoms with Gasteiger partial charge in [-0.15, -0.1) is 5.10 Å². The van der Waals surface area contributed by atoms with Crippen LogP contribution >= 0.6 is 11.3 Å². The second-order valence-electron chi connectivity index (χ2n) is 4.70. The molecular weight excluding hydrogens is 234 g/mol. The van der Waals surface area contributed by atoms with Crippen LogP contribution in [-0.2, 0) is 6.54 Å². The Labute approximate surface area is 108 Å². The first-order chi connectivity index (χ1) is 8.11. The van der Waals surface area contributed by atoms with Gasteiger partial charge in [-0.1, -0.05) is 37.2 Å². The molecule has 1 heterocycles. The van der Waals surface area contributed by atoms with Gasteiger partial charge in [0.05, 0.1) is 6.10 Å². The third kappa shape index (κ3) is 5.98. The number of rotatable bonds is 8. The van der Waals surface area contributed by atoms with Gasteiger partial charge in [-0.3, -0.25) is 0 Å². The van der Waals surface area contributed by atoms with Gasteiger partial charge in [0, 0.05) is 6.54 Å². The number of hydrogen-bond donors (Lipinski definition) is 1. The van der Waals surface area contributed by atoms with Crippen LogP contribution in [0.5, 0.6) is 5.19 Å². The van der Waals surface area contributed by atoms with Crippen LogP contribution in [-0.4, -0.2) is 22.8 Å². The highest BCUT2D eigenvalue weighted by molar-refractivity contribution is 7.13. The van der Waals surface area contributed by atoms with Crippen molar-refractivity contribution in [2.45, 2.75) is 53.2 Å². The maximum absolute atomic E-state index is 5.73. The average Bonchev–Trinajstić information content (AvgIpc) is 2.64. The zero-order valence-corrected chi connectivity index (χ0v) is 12.0. The lowest BCUT2D eigenvalue weighted by atomic mass is 10.1. The molecule has 0 aliphatic heterocycles. The fraction of sp³-hybridized carbons (Fsp3) is 0.833. The summed E-state index contributed by atoms with van der Waals surface area (Å²) in [7, 11) is 0. The molecule has 98 valence electrons. The Hall–Kier alpha value is -0.680. The second kappa shape index (κ2) is 7.61. The zero-order chi connectivity index (χ0) is 12.7. The van der Waals surface area contributed by atoms with Crippen molar-refractivity contribution >= 4 is 11.3 Å². The predicted octanol–water partition coefficient (Wildman–Crippen LogP) is 2.85. The van der Waals surface area contributed by atoms with Gasteiger partial charge in [0.25, 0.3) is 5.19 Å². The van der Waals surface area contributed by atoms with Crippen LogP contribution in [0.4, 0.5) is 0 Å². The molecule has 0 fully saturated rings. The van der Waals surface area contributed by atoms with E-state index in [0.29, 0.717) is 11.1 Å². The zero-order valence-electron chi connectivity index (χ0n) is 11.2. The van der Waals surface area contributed by atoms with E-state index in [-0.39, 0.29) is 6.10 Å². The first-order valence-electron chi connectivity index (χ1n) is 6.31. The number of aromatic nitrogens is 2. The highest BCUT2D eigenvalue weighted by Crippen LogP contribution is 2.20. The Balaban J connectivity index is 2.34. The molecule has 4 nitrogen and oxygen atoms in total. The highest BCUT2D eigenvalue weighted by atomic mass is 32.1. The topological polar surface area (TPSA) is 47.0 Å². The number of nitrogens with zero attached hydrogens (tertiary/aromatic N) is 2. The Morgan fingerprint density at radius 1 is 1.29 bits per heavy atom. The number of nitrogens with one attached hydrogen (secondary N) is 1. The lowest BCUT2D eigenvalue weighted by Crippen LogP contribution is -2.14. The summed E-state index contributed by atoms with van der Waals surface area (Å²) >= 11 is 1.53. The summed E-state index contributed by atoms with van der Waals surface area (Å²) < 4.78 is 5.73. The molecule has 0 saturated heterocycles. The van der Waals surface area contributed by atoms with Crippen LogP contribution < -0.4 is 10.1 Å². The van der Waals surface area contributed by atoms with E-state index in [1.54, 1.807) is 0 Å². The smallest absolute Gasteiger partial charge is 0.294 e. The van der Waals surface area contributed by atoms with E-state index in [9.17, 15) is 0 Å². The van der Waals surface area contributed by atoms with Crippen LogP contribution in [0.15, 0.2) is 0 Å². The van der Waals surface area contributed by atoms with Crippen molar-refractivity contribution in [1.82, 2.24) is 15.5 Å². The number of hydrogen-bond acceptors (Lipinski definition) is 5. The lowest BCUT2D eigenvalue weighted by Gasteiger charge is -2.13. The summed E-state index contributed by atoms with van der Waals surface area (Å²) in [5.74, 6) is 0.642. The van der Waals surface area contributed by atoms with Gasteiger partial charge >= 0.3 is 0 Å². The van der Waals surface area contributed by atoms with Gasteiger partial charge < -0.3 is 10.1 Å². The van der Waals surface area contributed by atoms with Crippen LogP contribution in [0, 0.1) is 5.92 Å². The van der Waals surface area contributed by atoms with Crippen molar-refractivity contribution < 1.29 is 4.74 Å². The van der Waals surface area contributed by atoms with Gasteiger partial charge in [0.15, 0.2) is 0 Å².